The first-order valence-corrected chi connectivity index (χ1v) is 12.6. The number of hydrogen-bond acceptors (Lipinski definition) is 4. The molecule has 0 spiro atoms. The Kier molecular flexibility index (Phi) is 6.65. The highest BCUT2D eigenvalue weighted by Crippen LogP contribution is 2.26. The highest BCUT2D eigenvalue weighted by molar-refractivity contribution is 6.00. The number of piperazine rings is 1. The molecule has 2 aromatic carbocycles. The third kappa shape index (κ3) is 4.91. The van der Waals surface area contributed by atoms with Gasteiger partial charge in [0, 0.05) is 44.6 Å². The number of nitrogens with zero attached hydrogens (tertiary/aromatic N) is 5. The van der Waals surface area contributed by atoms with Crippen molar-refractivity contribution in [3.63, 3.8) is 0 Å². The normalized spacial score (nSPS) is 13.9. The maximum Gasteiger partial charge on any atom is 0.282 e. The Labute approximate surface area is 216 Å². The average Bonchev–Trinajstić information content (AvgIpc) is 3.24. The van der Waals surface area contributed by atoms with Crippen molar-refractivity contribution >= 4 is 11.8 Å². The van der Waals surface area contributed by atoms with Crippen molar-refractivity contribution in [2.24, 2.45) is 0 Å². The fourth-order valence-electron chi connectivity index (χ4n) is 4.76. The maximum absolute atomic E-state index is 13.7. The van der Waals surface area contributed by atoms with Crippen molar-refractivity contribution in [1.82, 2.24) is 24.1 Å². The Morgan fingerprint density at radius 2 is 1.62 bits per heavy atom. The summed E-state index contributed by atoms with van der Waals surface area (Å²) in [5, 5.41) is 4.57. The van der Waals surface area contributed by atoms with Gasteiger partial charge < -0.3 is 14.4 Å². The molecule has 1 fully saturated rings. The van der Waals surface area contributed by atoms with Crippen LogP contribution >= 0.6 is 0 Å². The van der Waals surface area contributed by atoms with Crippen molar-refractivity contribution < 1.29 is 9.59 Å². The molecule has 1 saturated heterocycles. The molecule has 2 aromatic rings. The molecule has 0 N–H and O–H groups in total. The first-order chi connectivity index (χ1) is 17.8. The zero-order valence-corrected chi connectivity index (χ0v) is 21.4. The van der Waals surface area contributed by atoms with Crippen LogP contribution in [0, 0.1) is 6.92 Å². The standard InChI is InChI=1S/C29H31N5O3/c1-20(2)33-18-24(27-25(19-33)29(37)34(30-27)23-10-5-4-6-11-23)28(36)32-14-12-31(13-15-32)26(35)17-22-9-7-8-21(3)16-22/h4-11,16,18-20H,12-15,17H2,1-3H3. The number of para-hydroxylation sites is 1. The highest BCUT2D eigenvalue weighted by Gasteiger charge is 2.30. The molecule has 0 aliphatic carbocycles. The summed E-state index contributed by atoms with van der Waals surface area (Å²) in [6, 6.07) is 17.2. The molecule has 37 heavy (non-hydrogen) atoms. The molecule has 0 radical (unpaired) electrons. The molecule has 5 rings (SSSR count). The number of pyridine rings is 1. The van der Waals surface area contributed by atoms with E-state index in [4.69, 9.17) is 0 Å². The van der Waals surface area contributed by atoms with Gasteiger partial charge in [-0.25, -0.2) is 0 Å². The van der Waals surface area contributed by atoms with E-state index in [2.05, 4.69) is 5.10 Å². The molecule has 8 nitrogen and oxygen atoms in total. The SMILES string of the molecule is Cc1cccc(CC(=O)N2CCN(C(=O)c3cn(C(C)C)cc4c(=O)n(-c5ccccc5)nc3-4)CC2)c1. The van der Waals surface area contributed by atoms with E-state index >= 15 is 0 Å². The summed E-state index contributed by atoms with van der Waals surface area (Å²) in [5.41, 5.74) is 3.73. The predicted molar refractivity (Wildman–Crippen MR) is 142 cm³/mol. The van der Waals surface area contributed by atoms with Crippen molar-refractivity contribution in [2.75, 3.05) is 26.2 Å². The zero-order chi connectivity index (χ0) is 26.1. The number of hydrogen-bond donors (Lipinski definition) is 0. The van der Waals surface area contributed by atoms with E-state index in [1.54, 1.807) is 17.3 Å². The molecule has 3 aliphatic rings. The minimum Gasteiger partial charge on any atom is -0.350 e. The van der Waals surface area contributed by atoms with Gasteiger partial charge in [-0.05, 0) is 38.5 Å². The number of fused-ring (bicyclic) bond motifs is 1. The van der Waals surface area contributed by atoms with Gasteiger partial charge in [-0.3, -0.25) is 14.4 Å². The van der Waals surface area contributed by atoms with Crippen LogP contribution in [0.2, 0.25) is 0 Å². The van der Waals surface area contributed by atoms with Gasteiger partial charge in [0.25, 0.3) is 11.5 Å². The monoisotopic (exact) mass is 497 g/mol. The number of carbonyl (C=O) groups is 2. The van der Waals surface area contributed by atoms with Gasteiger partial charge in [0.15, 0.2) is 0 Å². The van der Waals surface area contributed by atoms with Gasteiger partial charge in [0.1, 0.15) is 5.69 Å². The zero-order valence-electron chi connectivity index (χ0n) is 21.4. The second-order valence-corrected chi connectivity index (χ2v) is 9.87. The fourth-order valence-corrected chi connectivity index (χ4v) is 4.76. The van der Waals surface area contributed by atoms with Crippen LogP contribution in [0.3, 0.4) is 0 Å². The van der Waals surface area contributed by atoms with Crippen LogP contribution in [0.1, 0.15) is 41.4 Å². The predicted octanol–water partition coefficient (Wildman–Crippen LogP) is 3.56. The summed E-state index contributed by atoms with van der Waals surface area (Å²) in [5.74, 6) is -0.112. The first kappa shape index (κ1) is 24.5. The molecular formula is C29H31N5O3. The van der Waals surface area contributed by atoms with E-state index in [0.717, 1.165) is 11.1 Å². The highest BCUT2D eigenvalue weighted by atomic mass is 16.2. The van der Waals surface area contributed by atoms with Crippen LogP contribution in [-0.4, -0.2) is 62.1 Å². The largest absolute Gasteiger partial charge is 0.350 e. The van der Waals surface area contributed by atoms with Crippen LogP contribution in [-0.2, 0) is 11.2 Å². The first-order valence-electron chi connectivity index (χ1n) is 12.6. The third-order valence-electron chi connectivity index (χ3n) is 6.87. The van der Waals surface area contributed by atoms with Gasteiger partial charge >= 0.3 is 0 Å². The summed E-state index contributed by atoms with van der Waals surface area (Å²) >= 11 is 0. The number of benzene rings is 2. The second kappa shape index (κ2) is 10.0. The Morgan fingerprint density at radius 3 is 2.30 bits per heavy atom. The number of aromatic nitrogens is 3. The topological polar surface area (TPSA) is 80.4 Å². The van der Waals surface area contributed by atoms with Crippen LogP contribution in [0.4, 0.5) is 0 Å². The summed E-state index contributed by atoms with van der Waals surface area (Å²) in [7, 11) is 0. The lowest BCUT2D eigenvalue weighted by Crippen LogP contribution is -2.51. The van der Waals surface area contributed by atoms with E-state index in [-0.39, 0.29) is 23.4 Å². The summed E-state index contributed by atoms with van der Waals surface area (Å²) in [6.07, 6.45) is 3.91. The summed E-state index contributed by atoms with van der Waals surface area (Å²) in [6.45, 7) is 7.83. The van der Waals surface area contributed by atoms with Crippen molar-refractivity contribution in [3.05, 3.63) is 94.0 Å². The van der Waals surface area contributed by atoms with Gasteiger partial charge in [0.05, 0.1) is 23.2 Å². The summed E-state index contributed by atoms with van der Waals surface area (Å²) < 4.78 is 3.24. The van der Waals surface area contributed by atoms with Crippen molar-refractivity contribution in [3.8, 4) is 16.9 Å². The van der Waals surface area contributed by atoms with Crippen LogP contribution in [0.5, 0.6) is 0 Å². The van der Waals surface area contributed by atoms with E-state index in [1.165, 1.54) is 4.68 Å². The smallest absolute Gasteiger partial charge is 0.282 e. The molecule has 8 heteroatoms. The van der Waals surface area contributed by atoms with E-state index in [0.29, 0.717) is 55.1 Å². The number of carbonyl (C=O) groups excluding carboxylic acids is 2. The number of amides is 2. The molecule has 0 atom stereocenters. The number of aryl methyl sites for hydroxylation is 1. The molecule has 3 heterocycles. The minimum absolute atomic E-state index is 0.0616. The van der Waals surface area contributed by atoms with Gasteiger partial charge in [-0.2, -0.15) is 9.78 Å². The lowest BCUT2D eigenvalue weighted by atomic mass is 10.1. The lowest BCUT2D eigenvalue weighted by Gasteiger charge is -2.35. The fraction of sp³-hybridized carbons (Fsp3) is 0.310. The van der Waals surface area contributed by atoms with Crippen LogP contribution in [0.25, 0.3) is 16.9 Å². The molecule has 0 bridgehead atoms. The molecule has 0 aromatic heterocycles. The Balaban J connectivity index is 1.38. The molecule has 0 unspecified atom stereocenters. The van der Waals surface area contributed by atoms with E-state index in [9.17, 15) is 14.4 Å². The van der Waals surface area contributed by atoms with Gasteiger partial charge in [-0.1, -0.05) is 48.0 Å². The minimum atomic E-state index is -0.253. The lowest BCUT2D eigenvalue weighted by molar-refractivity contribution is -0.131. The van der Waals surface area contributed by atoms with Gasteiger partial charge in [0.2, 0.25) is 5.91 Å². The third-order valence-corrected chi connectivity index (χ3v) is 6.87. The van der Waals surface area contributed by atoms with Crippen LogP contribution in [0.15, 0.2) is 71.8 Å². The van der Waals surface area contributed by atoms with E-state index in [1.807, 2.05) is 84.8 Å². The molecule has 0 saturated carbocycles. The van der Waals surface area contributed by atoms with E-state index < -0.39 is 0 Å². The van der Waals surface area contributed by atoms with Crippen molar-refractivity contribution in [1.29, 1.82) is 0 Å². The van der Waals surface area contributed by atoms with Gasteiger partial charge in [-0.15, -0.1) is 0 Å². The Bertz CT molecular complexity index is 1460. The quantitative estimate of drug-likeness (QED) is 0.422. The second-order valence-electron chi connectivity index (χ2n) is 9.87. The molecular weight excluding hydrogens is 466 g/mol. The molecule has 3 aliphatic heterocycles. The van der Waals surface area contributed by atoms with Crippen LogP contribution < -0.4 is 5.56 Å². The molecule has 2 amide bonds. The number of rotatable bonds is 5. The Morgan fingerprint density at radius 1 is 0.919 bits per heavy atom. The Hall–Kier alpha value is -4.20. The molecule has 190 valence electrons. The average molecular weight is 498 g/mol. The van der Waals surface area contributed by atoms with Crippen molar-refractivity contribution in [2.45, 2.75) is 33.2 Å². The summed E-state index contributed by atoms with van der Waals surface area (Å²) in [4.78, 5) is 43.4. The maximum atomic E-state index is 13.7.